The number of β-amino-alcohol motifs (C(OH)–C–C–N with tert-alkyl or cyclic N) is 1. The van der Waals surface area contributed by atoms with Crippen LogP contribution in [0.5, 0.6) is 0 Å². The smallest absolute Gasteiger partial charge is 0.410 e. The van der Waals surface area contributed by atoms with E-state index < -0.39 is 36.0 Å². The first-order chi connectivity index (χ1) is 15.2. The van der Waals surface area contributed by atoms with Gasteiger partial charge in [-0.1, -0.05) is 60.7 Å². The minimum Gasteiger partial charge on any atom is -0.444 e. The summed E-state index contributed by atoms with van der Waals surface area (Å²) in [6.45, 7) is 6.06. The molecule has 2 aromatic carbocycles. The highest BCUT2D eigenvalue weighted by Crippen LogP contribution is 2.27. The van der Waals surface area contributed by atoms with Crippen LogP contribution in [-0.4, -0.2) is 64.3 Å². The van der Waals surface area contributed by atoms with Gasteiger partial charge in [0.1, 0.15) is 17.8 Å². The number of carbonyl (C=O) groups excluding carboxylic acids is 1. The Bertz CT molecular complexity index is 839. The van der Waals surface area contributed by atoms with Gasteiger partial charge in [0.05, 0.1) is 38.5 Å². The molecule has 1 fully saturated rings. The largest absolute Gasteiger partial charge is 0.444 e. The van der Waals surface area contributed by atoms with Crippen LogP contribution in [0.4, 0.5) is 4.79 Å². The lowest BCUT2D eigenvalue weighted by Crippen LogP contribution is -2.51. The molecule has 4 atom stereocenters. The van der Waals surface area contributed by atoms with Crippen molar-refractivity contribution >= 4 is 6.09 Å². The van der Waals surface area contributed by atoms with Crippen molar-refractivity contribution in [2.45, 2.75) is 63.9 Å². The Balaban J connectivity index is 1.75. The predicted molar refractivity (Wildman–Crippen MR) is 120 cm³/mol. The summed E-state index contributed by atoms with van der Waals surface area (Å²) in [5, 5.41) is 21.1. The molecule has 1 amide bonds. The van der Waals surface area contributed by atoms with E-state index in [-0.39, 0.29) is 19.8 Å². The van der Waals surface area contributed by atoms with Gasteiger partial charge in [0.15, 0.2) is 0 Å². The molecule has 0 aromatic heterocycles. The van der Waals surface area contributed by atoms with Crippen LogP contribution in [0.15, 0.2) is 60.7 Å². The van der Waals surface area contributed by atoms with Gasteiger partial charge in [-0.2, -0.15) is 0 Å². The van der Waals surface area contributed by atoms with Crippen molar-refractivity contribution in [3.8, 4) is 0 Å². The molecule has 0 saturated carbocycles. The number of carbonyl (C=O) groups is 1. The molecular formula is C25H33NO6. The summed E-state index contributed by atoms with van der Waals surface area (Å²) in [7, 11) is 0. The number of aliphatic hydroxyl groups excluding tert-OH is 2. The summed E-state index contributed by atoms with van der Waals surface area (Å²) >= 11 is 0. The van der Waals surface area contributed by atoms with Crippen molar-refractivity contribution in [3.63, 3.8) is 0 Å². The van der Waals surface area contributed by atoms with Crippen molar-refractivity contribution < 1.29 is 29.2 Å². The van der Waals surface area contributed by atoms with Gasteiger partial charge in [-0.25, -0.2) is 4.79 Å². The Morgan fingerprint density at radius 1 is 1.00 bits per heavy atom. The third-order valence-corrected chi connectivity index (χ3v) is 5.20. The Kier molecular flexibility index (Phi) is 8.26. The summed E-state index contributed by atoms with van der Waals surface area (Å²) in [5.41, 5.74) is 1.26. The number of aliphatic hydroxyl groups is 2. The van der Waals surface area contributed by atoms with E-state index in [2.05, 4.69) is 0 Å². The predicted octanol–water partition coefficient (Wildman–Crippen LogP) is 3.13. The molecule has 0 radical (unpaired) electrons. The van der Waals surface area contributed by atoms with E-state index in [1.165, 1.54) is 4.90 Å². The van der Waals surface area contributed by atoms with Gasteiger partial charge in [-0.05, 0) is 31.9 Å². The van der Waals surface area contributed by atoms with Crippen molar-refractivity contribution in [2.24, 2.45) is 0 Å². The lowest BCUT2D eigenvalue weighted by atomic mass is 10.0. The SMILES string of the molecule is CC(C)(C)OC(=O)N1C[C@@H](O)[C@@H](O)[C@@H]1[C@@H](COCc1ccccc1)OCc1ccccc1. The maximum absolute atomic E-state index is 12.8. The molecule has 7 nitrogen and oxygen atoms in total. The Morgan fingerprint density at radius 3 is 2.12 bits per heavy atom. The highest BCUT2D eigenvalue weighted by Gasteiger charge is 2.48. The molecule has 3 rings (SSSR count). The van der Waals surface area contributed by atoms with E-state index in [1.807, 2.05) is 60.7 Å². The van der Waals surface area contributed by atoms with E-state index in [0.717, 1.165) is 11.1 Å². The first-order valence-corrected chi connectivity index (χ1v) is 10.9. The van der Waals surface area contributed by atoms with E-state index in [4.69, 9.17) is 14.2 Å². The molecule has 1 aliphatic heterocycles. The van der Waals surface area contributed by atoms with E-state index in [9.17, 15) is 15.0 Å². The van der Waals surface area contributed by atoms with Crippen LogP contribution in [0, 0.1) is 0 Å². The summed E-state index contributed by atoms with van der Waals surface area (Å²) in [6, 6.07) is 18.5. The number of ether oxygens (including phenoxy) is 3. The number of hydrogen-bond donors (Lipinski definition) is 2. The normalized spacial score (nSPS) is 22.0. The second kappa shape index (κ2) is 10.9. The number of benzene rings is 2. The first kappa shape index (κ1) is 24.2. The molecule has 0 spiro atoms. The van der Waals surface area contributed by atoms with Gasteiger partial charge >= 0.3 is 6.09 Å². The molecule has 32 heavy (non-hydrogen) atoms. The maximum atomic E-state index is 12.8. The third kappa shape index (κ3) is 6.77. The zero-order valence-corrected chi connectivity index (χ0v) is 18.9. The highest BCUT2D eigenvalue weighted by molar-refractivity contribution is 5.69. The third-order valence-electron chi connectivity index (χ3n) is 5.20. The Labute approximate surface area is 189 Å². The summed E-state index contributed by atoms with van der Waals surface area (Å²) in [4.78, 5) is 14.2. The van der Waals surface area contributed by atoms with Gasteiger partial charge in [0, 0.05) is 0 Å². The standard InChI is InChI=1S/C25H33NO6/c1-25(2,3)32-24(29)26-14-20(27)23(28)22(26)21(31-16-19-12-8-5-9-13-19)17-30-15-18-10-6-4-7-11-18/h4-13,20-23,27-28H,14-17H2,1-3H3/t20-,21-,22+,23-/m1/s1. The topological polar surface area (TPSA) is 88.5 Å². The van der Waals surface area contributed by atoms with Gasteiger partial charge in [0.25, 0.3) is 0 Å². The number of nitrogens with zero attached hydrogens (tertiary/aromatic N) is 1. The molecule has 1 saturated heterocycles. The van der Waals surface area contributed by atoms with Gasteiger partial charge in [0.2, 0.25) is 0 Å². The summed E-state index contributed by atoms with van der Waals surface area (Å²) in [5.74, 6) is 0. The fourth-order valence-electron chi connectivity index (χ4n) is 3.67. The number of amides is 1. The first-order valence-electron chi connectivity index (χ1n) is 10.9. The van der Waals surface area contributed by atoms with Crippen LogP contribution in [0.25, 0.3) is 0 Å². The fourth-order valence-corrected chi connectivity index (χ4v) is 3.67. The molecule has 0 aliphatic carbocycles. The average molecular weight is 444 g/mol. The molecule has 1 aliphatic rings. The quantitative estimate of drug-likeness (QED) is 0.652. The maximum Gasteiger partial charge on any atom is 0.410 e. The lowest BCUT2D eigenvalue weighted by Gasteiger charge is -2.34. The monoisotopic (exact) mass is 443 g/mol. The lowest BCUT2D eigenvalue weighted by molar-refractivity contribution is -0.0907. The highest BCUT2D eigenvalue weighted by atomic mass is 16.6. The molecule has 7 heteroatoms. The molecular weight excluding hydrogens is 410 g/mol. The average Bonchev–Trinajstić information content (AvgIpc) is 3.05. The van der Waals surface area contributed by atoms with Crippen LogP contribution < -0.4 is 0 Å². The van der Waals surface area contributed by atoms with Crippen molar-refractivity contribution in [1.29, 1.82) is 0 Å². The Morgan fingerprint density at radius 2 is 1.56 bits per heavy atom. The van der Waals surface area contributed by atoms with Crippen LogP contribution >= 0.6 is 0 Å². The molecule has 0 unspecified atom stereocenters. The van der Waals surface area contributed by atoms with Crippen LogP contribution in [0.2, 0.25) is 0 Å². The zero-order valence-electron chi connectivity index (χ0n) is 18.9. The van der Waals surface area contributed by atoms with Gasteiger partial charge < -0.3 is 24.4 Å². The number of rotatable bonds is 8. The summed E-state index contributed by atoms with van der Waals surface area (Å²) in [6.07, 6.45) is -3.54. The van der Waals surface area contributed by atoms with Crippen LogP contribution in [-0.2, 0) is 27.4 Å². The number of hydrogen-bond acceptors (Lipinski definition) is 6. The molecule has 174 valence electrons. The van der Waals surface area contributed by atoms with Crippen molar-refractivity contribution in [1.82, 2.24) is 4.90 Å². The molecule has 0 bridgehead atoms. The van der Waals surface area contributed by atoms with E-state index in [1.54, 1.807) is 20.8 Å². The molecule has 2 aromatic rings. The van der Waals surface area contributed by atoms with Crippen LogP contribution in [0.1, 0.15) is 31.9 Å². The Hall–Kier alpha value is -2.45. The minimum absolute atomic E-state index is 0.0371. The van der Waals surface area contributed by atoms with Crippen LogP contribution in [0.3, 0.4) is 0 Å². The summed E-state index contributed by atoms with van der Waals surface area (Å²) < 4.78 is 17.5. The van der Waals surface area contributed by atoms with E-state index >= 15 is 0 Å². The second-order valence-corrected chi connectivity index (χ2v) is 9.02. The molecule has 2 N–H and O–H groups in total. The zero-order chi connectivity index (χ0) is 23.1. The van der Waals surface area contributed by atoms with Crippen molar-refractivity contribution in [3.05, 3.63) is 71.8 Å². The number of likely N-dealkylation sites (tertiary alicyclic amines) is 1. The minimum atomic E-state index is -1.18. The van der Waals surface area contributed by atoms with E-state index in [0.29, 0.717) is 6.61 Å². The van der Waals surface area contributed by atoms with Gasteiger partial charge in [-0.15, -0.1) is 0 Å². The fraction of sp³-hybridized carbons (Fsp3) is 0.480. The second-order valence-electron chi connectivity index (χ2n) is 9.02. The molecule has 1 heterocycles. The van der Waals surface area contributed by atoms with Crippen molar-refractivity contribution in [2.75, 3.05) is 13.2 Å². The van der Waals surface area contributed by atoms with Gasteiger partial charge in [-0.3, -0.25) is 4.90 Å².